The fourth-order valence-corrected chi connectivity index (χ4v) is 3.99. The molecule has 1 N–H and O–H groups in total. The molecule has 1 amide bonds. The molecule has 170 valence electrons. The Balaban J connectivity index is 1.67. The zero-order valence-corrected chi connectivity index (χ0v) is 18.6. The van der Waals surface area contributed by atoms with Gasteiger partial charge in [0.25, 0.3) is 5.56 Å². The first kappa shape index (κ1) is 22.4. The number of fused-ring (bicyclic) bond motifs is 1. The molecular weight excluding hydrogens is 449 g/mol. The molecule has 2 heterocycles. The van der Waals surface area contributed by atoms with Crippen LogP contribution >= 0.6 is 11.8 Å². The van der Waals surface area contributed by atoms with Crippen LogP contribution in [-0.2, 0) is 11.3 Å². The van der Waals surface area contributed by atoms with Gasteiger partial charge in [0, 0.05) is 11.8 Å². The average Bonchev–Trinajstić information content (AvgIpc) is 3.34. The minimum Gasteiger partial charge on any atom is -0.493 e. The van der Waals surface area contributed by atoms with Gasteiger partial charge in [-0.05, 0) is 42.5 Å². The van der Waals surface area contributed by atoms with Crippen molar-refractivity contribution >= 4 is 34.3 Å². The van der Waals surface area contributed by atoms with E-state index in [1.54, 1.807) is 24.3 Å². The van der Waals surface area contributed by atoms with Gasteiger partial charge in [0.05, 0.1) is 43.7 Å². The van der Waals surface area contributed by atoms with Crippen LogP contribution in [0.4, 0.5) is 10.1 Å². The molecule has 8 nitrogen and oxygen atoms in total. The molecule has 0 radical (unpaired) electrons. The molecule has 0 saturated heterocycles. The monoisotopic (exact) mass is 469 g/mol. The van der Waals surface area contributed by atoms with E-state index in [2.05, 4.69) is 10.3 Å². The van der Waals surface area contributed by atoms with Gasteiger partial charge in [-0.25, -0.2) is 9.37 Å². The normalized spacial score (nSPS) is 10.9. The zero-order chi connectivity index (χ0) is 23.4. The molecule has 2 aromatic heterocycles. The Labute approximate surface area is 192 Å². The fraction of sp³-hybridized carbons (Fsp3) is 0.174. The minimum atomic E-state index is -0.392. The number of anilines is 1. The second-order valence-electron chi connectivity index (χ2n) is 6.93. The Kier molecular flexibility index (Phi) is 6.64. The maximum Gasteiger partial charge on any atom is 0.262 e. The van der Waals surface area contributed by atoms with Gasteiger partial charge >= 0.3 is 0 Å². The smallest absolute Gasteiger partial charge is 0.262 e. The predicted octanol–water partition coefficient (Wildman–Crippen LogP) is 3.92. The number of rotatable bonds is 8. The molecule has 0 aliphatic rings. The Hall–Kier alpha value is -3.79. The number of amides is 1. The van der Waals surface area contributed by atoms with Gasteiger partial charge < -0.3 is 19.2 Å². The van der Waals surface area contributed by atoms with E-state index in [1.807, 2.05) is 0 Å². The third-order valence-electron chi connectivity index (χ3n) is 4.78. The van der Waals surface area contributed by atoms with Crippen molar-refractivity contribution in [1.82, 2.24) is 9.55 Å². The van der Waals surface area contributed by atoms with E-state index in [9.17, 15) is 14.0 Å². The number of hydrogen-bond donors (Lipinski definition) is 1. The second-order valence-corrected chi connectivity index (χ2v) is 7.88. The quantitative estimate of drug-likeness (QED) is 0.309. The van der Waals surface area contributed by atoms with Crippen molar-refractivity contribution in [3.8, 4) is 11.5 Å². The highest BCUT2D eigenvalue weighted by Crippen LogP contribution is 2.31. The first-order valence-corrected chi connectivity index (χ1v) is 10.8. The maximum atomic E-state index is 13.3. The van der Waals surface area contributed by atoms with E-state index in [4.69, 9.17) is 13.9 Å². The number of furan rings is 1. The van der Waals surface area contributed by atoms with Crippen LogP contribution in [0.5, 0.6) is 11.5 Å². The van der Waals surface area contributed by atoms with Crippen molar-refractivity contribution in [3.63, 3.8) is 0 Å². The number of benzene rings is 2. The van der Waals surface area contributed by atoms with Gasteiger partial charge in [-0.1, -0.05) is 11.8 Å². The molecule has 33 heavy (non-hydrogen) atoms. The number of thioether (sulfide) groups is 1. The topological polar surface area (TPSA) is 95.6 Å². The maximum absolute atomic E-state index is 13.3. The third kappa shape index (κ3) is 5.01. The highest BCUT2D eigenvalue weighted by Gasteiger charge is 2.17. The number of carbonyl (C=O) groups excluding carboxylic acids is 1. The molecule has 0 atom stereocenters. The lowest BCUT2D eigenvalue weighted by molar-refractivity contribution is -0.113. The number of nitrogens with zero attached hydrogens (tertiary/aromatic N) is 2. The molecular formula is C23H20FN3O5S. The van der Waals surface area contributed by atoms with E-state index >= 15 is 0 Å². The summed E-state index contributed by atoms with van der Waals surface area (Å²) in [5.41, 5.74) is 0.576. The average molecular weight is 469 g/mol. The second kappa shape index (κ2) is 9.78. The number of halogens is 1. The Morgan fingerprint density at radius 2 is 1.88 bits per heavy atom. The SMILES string of the molecule is COc1cc2nc(SCC(=O)Nc3ccc(F)cc3)n(Cc3ccco3)c(=O)c2cc1OC. The van der Waals surface area contributed by atoms with Crippen molar-refractivity contribution in [2.24, 2.45) is 0 Å². The summed E-state index contributed by atoms with van der Waals surface area (Å²) in [5, 5.41) is 3.38. The molecule has 0 saturated carbocycles. The molecule has 0 unspecified atom stereocenters. The molecule has 0 bridgehead atoms. The summed E-state index contributed by atoms with van der Waals surface area (Å²) < 4.78 is 30.6. The molecule has 4 aromatic rings. The predicted molar refractivity (Wildman–Crippen MR) is 123 cm³/mol. The minimum absolute atomic E-state index is 0.0131. The van der Waals surface area contributed by atoms with Crippen LogP contribution in [0.3, 0.4) is 0 Å². The summed E-state index contributed by atoms with van der Waals surface area (Å²) in [6.07, 6.45) is 1.52. The summed E-state index contributed by atoms with van der Waals surface area (Å²) >= 11 is 1.10. The molecule has 0 aliphatic heterocycles. The van der Waals surface area contributed by atoms with Crippen LogP contribution in [0.15, 0.2) is 69.2 Å². The van der Waals surface area contributed by atoms with E-state index in [0.29, 0.717) is 39.0 Å². The number of hydrogen-bond acceptors (Lipinski definition) is 7. The van der Waals surface area contributed by atoms with Crippen LogP contribution < -0.4 is 20.3 Å². The Morgan fingerprint density at radius 1 is 1.15 bits per heavy atom. The number of methoxy groups -OCH3 is 2. The van der Waals surface area contributed by atoms with Crippen LogP contribution in [0.25, 0.3) is 10.9 Å². The third-order valence-corrected chi connectivity index (χ3v) is 5.76. The van der Waals surface area contributed by atoms with Gasteiger partial charge in [0.1, 0.15) is 11.6 Å². The number of carbonyl (C=O) groups is 1. The Morgan fingerprint density at radius 3 is 2.55 bits per heavy atom. The van der Waals surface area contributed by atoms with Crippen LogP contribution in [0.1, 0.15) is 5.76 Å². The van der Waals surface area contributed by atoms with Gasteiger partial charge in [0.2, 0.25) is 5.91 Å². The lowest BCUT2D eigenvalue weighted by Gasteiger charge is -2.14. The van der Waals surface area contributed by atoms with E-state index in [0.717, 1.165) is 11.8 Å². The number of ether oxygens (including phenoxy) is 2. The molecule has 0 aliphatic carbocycles. The molecule has 0 spiro atoms. The molecule has 2 aromatic carbocycles. The van der Waals surface area contributed by atoms with Crippen molar-refractivity contribution in [2.45, 2.75) is 11.7 Å². The van der Waals surface area contributed by atoms with Crippen LogP contribution in [0, 0.1) is 5.82 Å². The largest absolute Gasteiger partial charge is 0.493 e. The zero-order valence-electron chi connectivity index (χ0n) is 17.8. The highest BCUT2D eigenvalue weighted by atomic mass is 32.2. The van der Waals surface area contributed by atoms with Gasteiger partial charge in [0.15, 0.2) is 16.7 Å². The lowest BCUT2D eigenvalue weighted by atomic mass is 10.2. The summed E-state index contributed by atoms with van der Waals surface area (Å²) in [4.78, 5) is 30.4. The van der Waals surface area contributed by atoms with Crippen molar-refractivity contribution < 1.29 is 23.1 Å². The summed E-state index contributed by atoms with van der Waals surface area (Å²) in [7, 11) is 2.99. The fourth-order valence-electron chi connectivity index (χ4n) is 3.20. The summed E-state index contributed by atoms with van der Waals surface area (Å²) in [6, 6.07) is 12.1. The van der Waals surface area contributed by atoms with Crippen molar-refractivity contribution in [2.75, 3.05) is 25.3 Å². The Bertz CT molecular complexity index is 1340. The first-order valence-electron chi connectivity index (χ1n) is 9.85. The van der Waals surface area contributed by atoms with E-state index in [-0.39, 0.29) is 23.8 Å². The number of aromatic nitrogens is 2. The standard InChI is InChI=1S/C23H20FN3O5S/c1-30-19-10-17-18(11-20(19)31-2)26-23(27(22(17)29)12-16-4-3-9-32-16)33-13-21(28)25-15-7-5-14(24)6-8-15/h3-11H,12-13H2,1-2H3,(H,25,28). The van der Waals surface area contributed by atoms with Gasteiger partial charge in [-0.3, -0.25) is 14.2 Å². The first-order chi connectivity index (χ1) is 16.0. The van der Waals surface area contributed by atoms with Crippen LogP contribution in [-0.4, -0.2) is 35.4 Å². The summed E-state index contributed by atoms with van der Waals surface area (Å²) in [6.45, 7) is 0.144. The van der Waals surface area contributed by atoms with Crippen LogP contribution in [0.2, 0.25) is 0 Å². The molecule has 0 fully saturated rings. The van der Waals surface area contributed by atoms with E-state index < -0.39 is 5.82 Å². The van der Waals surface area contributed by atoms with Gasteiger partial charge in [-0.2, -0.15) is 0 Å². The molecule has 10 heteroatoms. The highest BCUT2D eigenvalue weighted by molar-refractivity contribution is 7.99. The van der Waals surface area contributed by atoms with Gasteiger partial charge in [-0.15, -0.1) is 0 Å². The summed E-state index contributed by atoms with van der Waals surface area (Å²) in [5.74, 6) is 0.685. The lowest BCUT2D eigenvalue weighted by Crippen LogP contribution is -2.25. The molecule has 4 rings (SSSR count). The number of nitrogens with one attached hydrogen (secondary N) is 1. The van der Waals surface area contributed by atoms with E-state index in [1.165, 1.54) is 49.3 Å². The van der Waals surface area contributed by atoms with Crippen molar-refractivity contribution in [1.29, 1.82) is 0 Å². The van der Waals surface area contributed by atoms with Crippen molar-refractivity contribution in [3.05, 3.63) is 76.7 Å².